The molecule has 0 aromatic carbocycles. The van der Waals surface area contributed by atoms with Gasteiger partial charge in [-0.25, -0.2) is 4.79 Å². The van der Waals surface area contributed by atoms with Crippen LogP contribution in [0.25, 0.3) is 0 Å². The van der Waals surface area contributed by atoms with Gasteiger partial charge in [0, 0.05) is 17.1 Å². The molecule has 0 radical (unpaired) electrons. The molecule has 5 heteroatoms. The SMILES string of the molecule is CC(C)=CCC[C@]1(C)OC(=O)N(C2CC(C)(C)NC(C)(C)C2)[C@@]1(C)O. The summed E-state index contributed by atoms with van der Waals surface area (Å²) in [7, 11) is 0. The number of carbonyl (C=O) groups excluding carboxylic acids is 1. The smallest absolute Gasteiger partial charge is 0.413 e. The van der Waals surface area contributed by atoms with Gasteiger partial charge in [0.05, 0.1) is 0 Å². The van der Waals surface area contributed by atoms with Gasteiger partial charge in [-0.15, -0.1) is 0 Å². The zero-order valence-electron chi connectivity index (χ0n) is 17.2. The number of rotatable bonds is 4. The van der Waals surface area contributed by atoms with Crippen LogP contribution in [0.4, 0.5) is 4.79 Å². The summed E-state index contributed by atoms with van der Waals surface area (Å²) < 4.78 is 5.74. The molecule has 0 aromatic rings. The highest BCUT2D eigenvalue weighted by atomic mass is 16.6. The zero-order valence-corrected chi connectivity index (χ0v) is 17.2. The van der Waals surface area contributed by atoms with E-state index in [0.29, 0.717) is 6.42 Å². The number of piperidine rings is 1. The number of nitrogens with zero attached hydrogens (tertiary/aromatic N) is 1. The molecular formula is C20H36N2O3. The standard InChI is InChI=1S/C20H36N2O3/c1-14(2)10-9-11-19(7)20(8,24)22(16(23)25-19)15-12-17(3,4)21-18(5,6)13-15/h10,15,21,24H,9,11-13H2,1-8H3/t19-,20-/m0/s1. The van der Waals surface area contributed by atoms with Crippen molar-refractivity contribution in [1.82, 2.24) is 10.2 Å². The first kappa shape index (κ1) is 20.2. The third-order valence-electron chi connectivity index (χ3n) is 5.69. The van der Waals surface area contributed by atoms with Crippen molar-refractivity contribution in [3.8, 4) is 0 Å². The van der Waals surface area contributed by atoms with Gasteiger partial charge in [0.1, 0.15) is 0 Å². The summed E-state index contributed by atoms with van der Waals surface area (Å²) in [4.78, 5) is 14.3. The molecule has 0 aromatic heterocycles. The minimum Gasteiger partial charge on any atom is -0.438 e. The Kier molecular flexibility index (Phi) is 5.08. The molecule has 144 valence electrons. The van der Waals surface area contributed by atoms with Crippen molar-refractivity contribution >= 4 is 6.09 Å². The Bertz CT molecular complexity index is 545. The molecule has 2 fully saturated rings. The number of nitrogens with one attached hydrogen (secondary N) is 1. The normalized spacial score (nSPS) is 34.8. The van der Waals surface area contributed by atoms with Crippen molar-refractivity contribution in [2.45, 2.75) is 110 Å². The monoisotopic (exact) mass is 352 g/mol. The van der Waals surface area contributed by atoms with Crippen LogP contribution in [-0.4, -0.2) is 44.5 Å². The van der Waals surface area contributed by atoms with Crippen LogP contribution in [0.3, 0.4) is 0 Å². The van der Waals surface area contributed by atoms with E-state index in [1.54, 1.807) is 11.8 Å². The highest BCUT2D eigenvalue weighted by Gasteiger charge is 2.61. The average Bonchev–Trinajstić information content (AvgIpc) is 2.50. The Labute approximate surface area is 152 Å². The third-order valence-corrected chi connectivity index (χ3v) is 5.69. The second kappa shape index (κ2) is 6.27. The van der Waals surface area contributed by atoms with Crippen LogP contribution in [0.2, 0.25) is 0 Å². The number of aliphatic hydroxyl groups is 1. The minimum atomic E-state index is -1.33. The van der Waals surface area contributed by atoms with Crippen LogP contribution in [0.5, 0.6) is 0 Å². The highest BCUT2D eigenvalue weighted by Crippen LogP contribution is 2.45. The van der Waals surface area contributed by atoms with Gasteiger partial charge >= 0.3 is 6.09 Å². The Morgan fingerprint density at radius 1 is 1.20 bits per heavy atom. The van der Waals surface area contributed by atoms with Gasteiger partial charge in [-0.05, 0) is 81.1 Å². The first-order valence-corrected chi connectivity index (χ1v) is 9.37. The molecule has 5 nitrogen and oxygen atoms in total. The number of hydrogen-bond acceptors (Lipinski definition) is 4. The van der Waals surface area contributed by atoms with E-state index in [1.165, 1.54) is 5.57 Å². The summed E-state index contributed by atoms with van der Waals surface area (Å²) >= 11 is 0. The molecule has 2 aliphatic rings. The largest absolute Gasteiger partial charge is 0.438 e. The third kappa shape index (κ3) is 4.03. The lowest BCUT2D eigenvalue weighted by Gasteiger charge is -2.51. The van der Waals surface area contributed by atoms with Gasteiger partial charge in [-0.3, -0.25) is 4.90 Å². The van der Waals surface area contributed by atoms with E-state index in [9.17, 15) is 9.90 Å². The number of allylic oxidation sites excluding steroid dienone is 2. The summed E-state index contributed by atoms with van der Waals surface area (Å²) in [5.74, 6) is 0. The quantitative estimate of drug-likeness (QED) is 0.752. The minimum absolute atomic E-state index is 0.0565. The van der Waals surface area contributed by atoms with E-state index in [2.05, 4.69) is 39.1 Å². The van der Waals surface area contributed by atoms with Crippen LogP contribution in [0.15, 0.2) is 11.6 Å². The van der Waals surface area contributed by atoms with Gasteiger partial charge in [0.15, 0.2) is 11.3 Å². The summed E-state index contributed by atoms with van der Waals surface area (Å²) in [5.41, 5.74) is -1.22. The Morgan fingerprint density at radius 3 is 2.20 bits per heavy atom. The predicted octanol–water partition coefficient (Wildman–Crippen LogP) is 3.96. The molecule has 0 saturated carbocycles. The van der Waals surface area contributed by atoms with Gasteiger partial charge in [-0.1, -0.05) is 11.6 Å². The van der Waals surface area contributed by atoms with Crippen molar-refractivity contribution in [3.63, 3.8) is 0 Å². The van der Waals surface area contributed by atoms with Crippen molar-refractivity contribution < 1.29 is 14.6 Å². The molecule has 2 saturated heterocycles. The number of cyclic esters (lactones) is 1. The van der Waals surface area contributed by atoms with Crippen LogP contribution >= 0.6 is 0 Å². The van der Waals surface area contributed by atoms with E-state index in [0.717, 1.165) is 19.3 Å². The molecule has 2 rings (SSSR count). The maximum atomic E-state index is 12.7. The van der Waals surface area contributed by atoms with Crippen LogP contribution < -0.4 is 5.32 Å². The molecule has 0 aliphatic carbocycles. The molecule has 0 bridgehead atoms. The van der Waals surface area contributed by atoms with Crippen molar-refractivity contribution in [2.75, 3.05) is 0 Å². The maximum Gasteiger partial charge on any atom is 0.413 e. The van der Waals surface area contributed by atoms with Gasteiger partial charge in [-0.2, -0.15) is 0 Å². The van der Waals surface area contributed by atoms with Gasteiger partial charge in [0.2, 0.25) is 0 Å². The lowest BCUT2D eigenvalue weighted by Crippen LogP contribution is -2.66. The second-order valence-corrected chi connectivity index (χ2v) is 9.76. The summed E-state index contributed by atoms with van der Waals surface area (Å²) in [6.07, 6.45) is 4.67. The fourth-order valence-corrected chi connectivity index (χ4v) is 4.65. The molecule has 2 aliphatic heterocycles. The lowest BCUT2D eigenvalue weighted by molar-refractivity contribution is -0.154. The van der Waals surface area contributed by atoms with Crippen LogP contribution in [0, 0.1) is 0 Å². The Morgan fingerprint density at radius 2 is 1.72 bits per heavy atom. The van der Waals surface area contributed by atoms with E-state index in [4.69, 9.17) is 4.74 Å². The lowest BCUT2D eigenvalue weighted by atomic mass is 9.77. The molecule has 25 heavy (non-hydrogen) atoms. The van der Waals surface area contributed by atoms with Crippen molar-refractivity contribution in [3.05, 3.63) is 11.6 Å². The topological polar surface area (TPSA) is 61.8 Å². The predicted molar refractivity (Wildman–Crippen MR) is 100 cm³/mol. The van der Waals surface area contributed by atoms with Crippen LogP contribution in [-0.2, 0) is 4.74 Å². The van der Waals surface area contributed by atoms with E-state index in [1.807, 2.05) is 20.8 Å². The first-order valence-electron chi connectivity index (χ1n) is 9.37. The highest BCUT2D eigenvalue weighted by molar-refractivity contribution is 5.72. The maximum absolute atomic E-state index is 12.7. The molecule has 2 N–H and O–H groups in total. The number of carbonyl (C=O) groups is 1. The van der Waals surface area contributed by atoms with Crippen molar-refractivity contribution in [2.24, 2.45) is 0 Å². The van der Waals surface area contributed by atoms with Crippen LogP contribution in [0.1, 0.15) is 81.1 Å². The second-order valence-electron chi connectivity index (χ2n) is 9.76. The van der Waals surface area contributed by atoms with Gasteiger partial charge < -0.3 is 15.2 Å². The van der Waals surface area contributed by atoms with E-state index < -0.39 is 17.4 Å². The number of ether oxygens (including phenoxy) is 1. The Balaban J connectivity index is 2.26. The van der Waals surface area contributed by atoms with E-state index in [-0.39, 0.29) is 17.1 Å². The number of amides is 1. The average molecular weight is 353 g/mol. The van der Waals surface area contributed by atoms with Crippen molar-refractivity contribution in [1.29, 1.82) is 0 Å². The fourth-order valence-electron chi connectivity index (χ4n) is 4.65. The molecule has 0 spiro atoms. The molecule has 2 atom stereocenters. The summed E-state index contributed by atoms with van der Waals surface area (Å²) in [6.45, 7) is 16.2. The molecule has 0 unspecified atom stereocenters. The molecule has 2 heterocycles. The van der Waals surface area contributed by atoms with E-state index >= 15 is 0 Å². The first-order chi connectivity index (χ1) is 11.2. The molecular weight excluding hydrogens is 316 g/mol. The summed E-state index contributed by atoms with van der Waals surface area (Å²) in [6, 6.07) is -0.0565. The molecule has 1 amide bonds. The fraction of sp³-hybridized carbons (Fsp3) is 0.850. The zero-order chi connectivity index (χ0) is 19.3. The van der Waals surface area contributed by atoms with Gasteiger partial charge in [0.25, 0.3) is 0 Å². The Hall–Kier alpha value is -1.07. The summed E-state index contributed by atoms with van der Waals surface area (Å²) in [5, 5.41) is 15.0. The number of hydrogen-bond donors (Lipinski definition) is 2.